The maximum Gasteiger partial charge on any atom is 0.242 e. The van der Waals surface area contributed by atoms with Crippen LogP contribution in [0, 0.1) is 0 Å². The number of amides is 1. The Bertz CT molecular complexity index is 613. The number of rotatable bonds is 3. The van der Waals surface area contributed by atoms with E-state index >= 15 is 0 Å². The number of anilines is 1. The topological polar surface area (TPSA) is 38.3 Å². The third-order valence-electron chi connectivity index (χ3n) is 3.03. The van der Waals surface area contributed by atoms with Gasteiger partial charge in [-0.15, -0.1) is 11.8 Å². The lowest BCUT2D eigenvalue weighted by molar-refractivity contribution is -0.115. The molecule has 0 saturated carbocycles. The normalized spacial score (nSPS) is 16.9. The van der Waals surface area contributed by atoms with E-state index in [0.29, 0.717) is 5.75 Å². The van der Waals surface area contributed by atoms with Crippen LogP contribution in [0.3, 0.4) is 0 Å². The average Bonchev–Trinajstić information content (AvgIpc) is 2.76. The van der Waals surface area contributed by atoms with Gasteiger partial charge in [0.05, 0.1) is 5.69 Å². The van der Waals surface area contributed by atoms with E-state index in [1.165, 1.54) is 11.8 Å². The lowest BCUT2D eigenvalue weighted by Crippen LogP contribution is -2.08. The second-order valence-electron chi connectivity index (χ2n) is 4.24. The average molecular weight is 271 g/mol. The summed E-state index contributed by atoms with van der Waals surface area (Å²) in [5, 5.41) is 2.76. The Kier molecular flexibility index (Phi) is 3.17. The van der Waals surface area contributed by atoms with Crippen molar-refractivity contribution >= 4 is 23.4 Å². The van der Waals surface area contributed by atoms with Crippen LogP contribution in [0.2, 0.25) is 0 Å². The van der Waals surface area contributed by atoms with E-state index in [-0.39, 0.29) is 11.2 Å². The molecule has 0 unspecified atom stereocenters. The van der Waals surface area contributed by atoms with Crippen molar-refractivity contribution in [2.75, 3.05) is 11.6 Å². The van der Waals surface area contributed by atoms with Gasteiger partial charge in [-0.2, -0.15) is 0 Å². The molecule has 1 atom stereocenters. The molecular weight excluding hydrogens is 258 g/mol. The minimum Gasteiger partial charge on any atom is -0.455 e. The molecule has 3 rings (SSSR count). The summed E-state index contributed by atoms with van der Waals surface area (Å²) in [6.45, 7) is 0. The van der Waals surface area contributed by atoms with Crippen molar-refractivity contribution in [3.63, 3.8) is 0 Å². The number of carbonyl (C=O) groups excluding carboxylic acids is 1. The van der Waals surface area contributed by atoms with Gasteiger partial charge in [0, 0.05) is 5.56 Å². The number of thioether (sulfide) groups is 1. The van der Waals surface area contributed by atoms with Crippen LogP contribution in [0.5, 0.6) is 11.5 Å². The second kappa shape index (κ2) is 4.97. The van der Waals surface area contributed by atoms with E-state index in [1.54, 1.807) is 0 Å². The van der Waals surface area contributed by atoms with Gasteiger partial charge >= 0.3 is 0 Å². The fraction of sp³-hybridized carbons (Fsp3) is 0.133. The van der Waals surface area contributed by atoms with E-state index in [1.807, 2.05) is 54.8 Å². The van der Waals surface area contributed by atoms with E-state index in [4.69, 9.17) is 4.74 Å². The summed E-state index contributed by atoms with van der Waals surface area (Å²) in [6.07, 6.45) is 1.93. The number of nitrogens with one attached hydrogen (secondary N) is 1. The Balaban J connectivity index is 1.97. The lowest BCUT2D eigenvalue weighted by atomic mass is 10.1. The van der Waals surface area contributed by atoms with E-state index < -0.39 is 0 Å². The first-order chi connectivity index (χ1) is 9.29. The molecular formula is C15H13NO2S. The van der Waals surface area contributed by atoms with Crippen LogP contribution >= 0.6 is 11.8 Å². The van der Waals surface area contributed by atoms with Crippen LogP contribution < -0.4 is 10.1 Å². The summed E-state index contributed by atoms with van der Waals surface area (Å²) < 4.78 is 5.84. The van der Waals surface area contributed by atoms with E-state index in [2.05, 4.69) is 5.32 Å². The van der Waals surface area contributed by atoms with Gasteiger partial charge in [-0.1, -0.05) is 30.3 Å². The maximum atomic E-state index is 11.9. The van der Waals surface area contributed by atoms with Crippen LogP contribution in [0.4, 0.5) is 5.69 Å². The number of ether oxygens (including phenoxy) is 1. The lowest BCUT2D eigenvalue weighted by Gasteiger charge is -2.10. The summed E-state index contributed by atoms with van der Waals surface area (Å²) in [4.78, 5) is 11.9. The zero-order chi connectivity index (χ0) is 13.2. The molecule has 96 valence electrons. The highest BCUT2D eigenvalue weighted by Crippen LogP contribution is 2.44. The zero-order valence-electron chi connectivity index (χ0n) is 10.4. The molecule has 0 aromatic heterocycles. The molecule has 4 heteroatoms. The molecule has 0 aliphatic carbocycles. The van der Waals surface area contributed by atoms with Crippen LogP contribution in [0.25, 0.3) is 0 Å². The van der Waals surface area contributed by atoms with Crippen molar-refractivity contribution < 1.29 is 9.53 Å². The molecule has 0 fully saturated rings. The molecule has 1 aliphatic heterocycles. The number of para-hydroxylation sites is 2. The Hall–Kier alpha value is -1.94. The molecule has 0 bridgehead atoms. The highest BCUT2D eigenvalue weighted by Gasteiger charge is 2.31. The number of carbonyl (C=O) groups is 1. The zero-order valence-corrected chi connectivity index (χ0v) is 11.2. The quantitative estimate of drug-likeness (QED) is 0.922. The number of benzene rings is 2. The monoisotopic (exact) mass is 271 g/mol. The van der Waals surface area contributed by atoms with Crippen molar-refractivity contribution in [2.24, 2.45) is 0 Å². The largest absolute Gasteiger partial charge is 0.455 e. The molecule has 1 heterocycles. The maximum absolute atomic E-state index is 11.9. The fourth-order valence-corrected chi connectivity index (χ4v) is 2.89. The highest BCUT2D eigenvalue weighted by atomic mass is 32.2. The SMILES string of the molecule is CS[C@H]1C(=O)Nc2c(Oc3ccccc3)cccc21. The smallest absolute Gasteiger partial charge is 0.242 e. The van der Waals surface area contributed by atoms with Gasteiger partial charge in [-0.3, -0.25) is 4.79 Å². The third-order valence-corrected chi connectivity index (χ3v) is 3.97. The predicted molar refractivity (Wildman–Crippen MR) is 77.8 cm³/mol. The Morgan fingerprint density at radius 2 is 1.89 bits per heavy atom. The number of hydrogen-bond donors (Lipinski definition) is 1. The summed E-state index contributed by atoms with van der Waals surface area (Å²) in [5.74, 6) is 1.47. The summed E-state index contributed by atoms with van der Waals surface area (Å²) in [7, 11) is 0. The predicted octanol–water partition coefficient (Wildman–Crippen LogP) is 3.84. The first-order valence-corrected chi connectivity index (χ1v) is 7.28. The fourth-order valence-electron chi connectivity index (χ4n) is 2.16. The van der Waals surface area contributed by atoms with Crippen molar-refractivity contribution in [3.8, 4) is 11.5 Å². The molecule has 1 amide bonds. The second-order valence-corrected chi connectivity index (χ2v) is 5.18. The van der Waals surface area contributed by atoms with Gasteiger partial charge in [-0.25, -0.2) is 0 Å². The van der Waals surface area contributed by atoms with Gasteiger partial charge < -0.3 is 10.1 Å². The van der Waals surface area contributed by atoms with Crippen molar-refractivity contribution in [1.82, 2.24) is 0 Å². The number of fused-ring (bicyclic) bond motifs is 1. The van der Waals surface area contributed by atoms with E-state index in [9.17, 15) is 4.79 Å². The molecule has 19 heavy (non-hydrogen) atoms. The molecule has 2 aromatic rings. The van der Waals surface area contributed by atoms with Crippen LogP contribution in [0.1, 0.15) is 10.8 Å². The minimum absolute atomic E-state index is 0.0200. The Morgan fingerprint density at radius 1 is 1.11 bits per heavy atom. The summed E-state index contributed by atoms with van der Waals surface area (Å²) in [5.41, 5.74) is 1.78. The Labute approximate surface area is 116 Å². The molecule has 0 saturated heterocycles. The molecule has 3 nitrogen and oxygen atoms in total. The van der Waals surface area contributed by atoms with Crippen molar-refractivity contribution in [2.45, 2.75) is 5.25 Å². The highest BCUT2D eigenvalue weighted by molar-refractivity contribution is 7.99. The first kappa shape index (κ1) is 12.1. The first-order valence-electron chi connectivity index (χ1n) is 5.99. The van der Waals surface area contributed by atoms with Crippen LogP contribution in [0.15, 0.2) is 48.5 Å². The molecule has 0 spiro atoms. The standard InChI is InChI=1S/C15H13NO2S/c1-19-14-11-8-5-9-12(13(11)16-15(14)17)18-10-6-3-2-4-7-10/h2-9,14H,1H3,(H,16,17)/t14-/m1/s1. The van der Waals surface area contributed by atoms with Crippen LogP contribution in [-0.2, 0) is 4.79 Å². The van der Waals surface area contributed by atoms with Gasteiger partial charge in [0.15, 0.2) is 5.75 Å². The molecule has 2 aromatic carbocycles. The van der Waals surface area contributed by atoms with Crippen molar-refractivity contribution in [1.29, 1.82) is 0 Å². The van der Waals surface area contributed by atoms with Gasteiger partial charge in [-0.05, 0) is 24.5 Å². The van der Waals surface area contributed by atoms with Crippen molar-refractivity contribution in [3.05, 3.63) is 54.1 Å². The minimum atomic E-state index is -0.144. The molecule has 0 radical (unpaired) electrons. The van der Waals surface area contributed by atoms with Gasteiger partial charge in [0.1, 0.15) is 11.0 Å². The summed E-state index contributed by atoms with van der Waals surface area (Å²) >= 11 is 1.53. The van der Waals surface area contributed by atoms with Gasteiger partial charge in [0.25, 0.3) is 0 Å². The van der Waals surface area contributed by atoms with Gasteiger partial charge in [0.2, 0.25) is 5.91 Å². The third kappa shape index (κ3) is 2.19. The van der Waals surface area contributed by atoms with Crippen LogP contribution in [-0.4, -0.2) is 12.2 Å². The summed E-state index contributed by atoms with van der Waals surface area (Å²) in [6, 6.07) is 15.3. The van der Waals surface area contributed by atoms with E-state index in [0.717, 1.165) is 17.0 Å². The molecule has 1 N–H and O–H groups in total. The molecule has 1 aliphatic rings. The Morgan fingerprint density at radius 3 is 2.63 bits per heavy atom. The number of hydrogen-bond acceptors (Lipinski definition) is 3.